The number of non-ortho nitro benzene ring substituents is 1. The van der Waals surface area contributed by atoms with Gasteiger partial charge in [0.2, 0.25) is 0 Å². The molecule has 0 spiro atoms. The zero-order chi connectivity index (χ0) is 23.4. The molecule has 1 aromatic carbocycles. The maximum absolute atomic E-state index is 13.0. The second-order valence-electron chi connectivity index (χ2n) is 8.20. The largest absolute Gasteiger partial charge is 0.371 e. The molecule has 168 valence electrons. The number of piperidine rings is 1. The first-order chi connectivity index (χ1) is 16.0. The number of anilines is 2. The molecule has 0 unspecified atom stereocenters. The number of thiophene rings is 1. The minimum Gasteiger partial charge on any atom is -0.371 e. The molecule has 1 amide bonds. The van der Waals surface area contributed by atoms with Crippen LogP contribution in [0.15, 0.2) is 23.8 Å². The van der Waals surface area contributed by atoms with Crippen molar-refractivity contribution < 1.29 is 9.72 Å². The number of hydrogen-bond donors (Lipinski definition) is 1. The fraction of sp³-hybridized carbons (Fsp3) is 0.375. The lowest BCUT2D eigenvalue weighted by atomic mass is 9.96. The Labute approximate surface area is 195 Å². The van der Waals surface area contributed by atoms with Crippen molar-refractivity contribution in [1.29, 1.82) is 10.5 Å². The Hall–Kier alpha value is -3.69. The topological polar surface area (TPSA) is 123 Å². The lowest BCUT2D eigenvalue weighted by Gasteiger charge is -2.30. The number of benzene rings is 1. The molecule has 1 saturated heterocycles. The maximum atomic E-state index is 13.0. The number of nitriles is 2. The minimum absolute atomic E-state index is 0.0996. The van der Waals surface area contributed by atoms with E-state index < -0.39 is 10.8 Å². The van der Waals surface area contributed by atoms with E-state index in [0.717, 1.165) is 74.2 Å². The third-order valence-corrected chi connectivity index (χ3v) is 7.30. The van der Waals surface area contributed by atoms with E-state index in [1.54, 1.807) is 6.07 Å². The van der Waals surface area contributed by atoms with Crippen molar-refractivity contribution in [2.45, 2.75) is 44.9 Å². The highest BCUT2D eigenvalue weighted by Crippen LogP contribution is 2.38. The molecule has 8 nitrogen and oxygen atoms in total. The lowest BCUT2D eigenvalue weighted by molar-refractivity contribution is -0.384. The number of rotatable bonds is 5. The number of nitrogens with one attached hydrogen (secondary N) is 1. The molecule has 1 aliphatic heterocycles. The van der Waals surface area contributed by atoms with E-state index in [9.17, 15) is 25.4 Å². The van der Waals surface area contributed by atoms with Crippen LogP contribution in [0, 0.1) is 32.8 Å². The van der Waals surface area contributed by atoms with Crippen LogP contribution in [0.25, 0.3) is 6.08 Å². The molecule has 9 heteroatoms. The van der Waals surface area contributed by atoms with Crippen molar-refractivity contribution in [3.63, 3.8) is 0 Å². The summed E-state index contributed by atoms with van der Waals surface area (Å²) in [6.45, 7) is 1.64. The van der Waals surface area contributed by atoms with Crippen LogP contribution in [0.2, 0.25) is 0 Å². The van der Waals surface area contributed by atoms with E-state index in [4.69, 9.17) is 0 Å². The van der Waals surface area contributed by atoms with E-state index in [0.29, 0.717) is 16.1 Å². The molecule has 2 heterocycles. The molecular weight excluding hydrogens is 438 g/mol. The van der Waals surface area contributed by atoms with Crippen LogP contribution in [-0.2, 0) is 17.6 Å². The molecule has 1 N–H and O–H groups in total. The third kappa shape index (κ3) is 4.74. The van der Waals surface area contributed by atoms with Crippen molar-refractivity contribution in [3.8, 4) is 12.1 Å². The van der Waals surface area contributed by atoms with Crippen molar-refractivity contribution >= 4 is 39.7 Å². The van der Waals surface area contributed by atoms with Gasteiger partial charge >= 0.3 is 0 Å². The first kappa shape index (κ1) is 22.5. The van der Waals surface area contributed by atoms with Gasteiger partial charge in [-0.1, -0.05) is 0 Å². The number of nitro groups is 1. The Morgan fingerprint density at radius 1 is 1.15 bits per heavy atom. The number of aryl methyl sites for hydroxylation is 1. The van der Waals surface area contributed by atoms with Gasteiger partial charge in [0.25, 0.3) is 11.6 Å². The van der Waals surface area contributed by atoms with E-state index in [1.807, 2.05) is 6.07 Å². The van der Waals surface area contributed by atoms with Gasteiger partial charge in [0.1, 0.15) is 22.7 Å². The van der Waals surface area contributed by atoms with Crippen molar-refractivity contribution in [2.75, 3.05) is 23.3 Å². The predicted octanol–water partition coefficient (Wildman–Crippen LogP) is 4.94. The number of nitrogens with zero attached hydrogens (tertiary/aromatic N) is 4. The highest BCUT2D eigenvalue weighted by molar-refractivity contribution is 7.16. The molecule has 0 saturated carbocycles. The Bertz CT molecular complexity index is 1210. The van der Waals surface area contributed by atoms with Gasteiger partial charge in [0.05, 0.1) is 10.5 Å². The SMILES string of the molecule is N#C/C(=C/c1cc([N+](=O)[O-])ccc1N1CCCCC1)C(=O)Nc1sc2c(c1C#N)CCCC2. The summed E-state index contributed by atoms with van der Waals surface area (Å²) in [5.41, 5.74) is 2.44. The molecule has 4 rings (SSSR count). The third-order valence-electron chi connectivity index (χ3n) is 6.09. The summed E-state index contributed by atoms with van der Waals surface area (Å²) >= 11 is 1.39. The molecular formula is C24H23N5O3S. The summed E-state index contributed by atoms with van der Waals surface area (Å²) in [7, 11) is 0. The number of carbonyl (C=O) groups is 1. The second-order valence-corrected chi connectivity index (χ2v) is 9.30. The summed E-state index contributed by atoms with van der Waals surface area (Å²) in [5.74, 6) is -0.622. The summed E-state index contributed by atoms with van der Waals surface area (Å²) in [6.07, 6.45) is 8.36. The smallest absolute Gasteiger partial charge is 0.270 e. The van der Waals surface area contributed by atoms with Gasteiger partial charge in [-0.3, -0.25) is 14.9 Å². The van der Waals surface area contributed by atoms with Crippen LogP contribution >= 0.6 is 11.3 Å². The normalized spacial score (nSPS) is 15.8. The van der Waals surface area contributed by atoms with E-state index in [2.05, 4.69) is 16.3 Å². The predicted molar refractivity (Wildman–Crippen MR) is 127 cm³/mol. The maximum Gasteiger partial charge on any atom is 0.270 e. The van der Waals surface area contributed by atoms with Crippen LogP contribution in [0.3, 0.4) is 0 Å². The summed E-state index contributed by atoms with van der Waals surface area (Å²) in [4.78, 5) is 27.1. The van der Waals surface area contributed by atoms with Crippen molar-refractivity contribution in [1.82, 2.24) is 0 Å². The highest BCUT2D eigenvalue weighted by Gasteiger charge is 2.23. The molecule has 33 heavy (non-hydrogen) atoms. The Morgan fingerprint density at radius 3 is 2.61 bits per heavy atom. The monoisotopic (exact) mass is 461 g/mol. The lowest BCUT2D eigenvalue weighted by Crippen LogP contribution is -2.30. The summed E-state index contributed by atoms with van der Waals surface area (Å²) in [5, 5.41) is 33.9. The number of fused-ring (bicyclic) bond motifs is 1. The van der Waals surface area contributed by atoms with Crippen molar-refractivity contribution in [3.05, 3.63) is 55.5 Å². The Morgan fingerprint density at radius 2 is 1.91 bits per heavy atom. The quantitative estimate of drug-likeness (QED) is 0.291. The summed E-state index contributed by atoms with van der Waals surface area (Å²) in [6, 6.07) is 8.66. The van der Waals surface area contributed by atoms with Crippen LogP contribution in [-0.4, -0.2) is 23.9 Å². The molecule has 1 aromatic heterocycles. The molecule has 0 bridgehead atoms. The average Bonchev–Trinajstić information content (AvgIpc) is 3.19. The summed E-state index contributed by atoms with van der Waals surface area (Å²) < 4.78 is 0. The van der Waals surface area contributed by atoms with Crippen LogP contribution in [0.1, 0.15) is 53.7 Å². The average molecular weight is 462 g/mol. The zero-order valence-corrected chi connectivity index (χ0v) is 18.9. The van der Waals surface area contributed by atoms with E-state index in [1.165, 1.54) is 29.5 Å². The van der Waals surface area contributed by atoms with Gasteiger partial charge in [0.15, 0.2) is 0 Å². The van der Waals surface area contributed by atoms with Gasteiger partial charge < -0.3 is 10.2 Å². The Kier molecular flexibility index (Phi) is 6.71. The van der Waals surface area contributed by atoms with Crippen molar-refractivity contribution in [2.24, 2.45) is 0 Å². The van der Waals surface area contributed by atoms with Crippen LogP contribution < -0.4 is 10.2 Å². The minimum atomic E-state index is -0.622. The van der Waals surface area contributed by atoms with Gasteiger partial charge in [-0.25, -0.2) is 0 Å². The fourth-order valence-corrected chi connectivity index (χ4v) is 5.68. The van der Waals surface area contributed by atoms with E-state index >= 15 is 0 Å². The molecule has 0 atom stereocenters. The fourth-order valence-electron chi connectivity index (χ4n) is 4.44. The second kappa shape index (κ2) is 9.85. The molecule has 0 radical (unpaired) electrons. The Balaban J connectivity index is 1.67. The first-order valence-corrected chi connectivity index (χ1v) is 11.8. The van der Waals surface area contributed by atoms with Gasteiger partial charge in [-0.15, -0.1) is 11.3 Å². The number of nitro benzene ring substituents is 1. The molecule has 1 aliphatic carbocycles. The van der Waals surface area contributed by atoms with E-state index in [-0.39, 0.29) is 11.3 Å². The molecule has 2 aliphatic rings. The van der Waals surface area contributed by atoms with Gasteiger partial charge in [0, 0.05) is 41.4 Å². The number of hydrogen-bond acceptors (Lipinski definition) is 7. The molecule has 1 fully saturated rings. The van der Waals surface area contributed by atoms with Crippen LogP contribution in [0.5, 0.6) is 0 Å². The molecule has 2 aromatic rings. The number of amides is 1. The number of carbonyl (C=O) groups excluding carboxylic acids is 1. The van der Waals surface area contributed by atoms with Gasteiger partial charge in [-0.05, 0) is 62.7 Å². The standard InChI is InChI=1S/C24H23N5O3S/c25-14-17(23(30)27-24-20(15-26)19-6-2-3-7-22(19)33-24)12-16-13-18(29(31)32)8-9-21(16)28-10-4-1-5-11-28/h8-9,12-13H,1-7,10-11H2,(H,27,30)/b17-12-. The highest BCUT2D eigenvalue weighted by atomic mass is 32.1. The first-order valence-electron chi connectivity index (χ1n) is 11.0. The van der Waals surface area contributed by atoms with Crippen LogP contribution in [0.4, 0.5) is 16.4 Å². The van der Waals surface area contributed by atoms with Gasteiger partial charge in [-0.2, -0.15) is 10.5 Å². The zero-order valence-electron chi connectivity index (χ0n) is 18.1.